The van der Waals surface area contributed by atoms with E-state index in [-0.39, 0.29) is 5.91 Å². The monoisotopic (exact) mass is 306 g/mol. The van der Waals surface area contributed by atoms with E-state index in [0.717, 1.165) is 10.5 Å². The molecule has 0 unspecified atom stereocenters. The molecule has 3 nitrogen and oxygen atoms in total. The summed E-state index contributed by atoms with van der Waals surface area (Å²) in [4.78, 5) is 12.8. The summed E-state index contributed by atoms with van der Waals surface area (Å²) in [7, 11) is 0. The van der Waals surface area contributed by atoms with E-state index in [4.69, 9.17) is 17.3 Å². The van der Waals surface area contributed by atoms with Crippen LogP contribution in [0.25, 0.3) is 0 Å². The Kier molecular flexibility index (Phi) is 4.93. The molecule has 0 aliphatic carbocycles. The Bertz CT molecular complexity index is 631. The third-order valence-electron chi connectivity index (χ3n) is 2.64. The molecule has 0 fully saturated rings. The van der Waals surface area contributed by atoms with Crippen molar-refractivity contribution < 1.29 is 4.79 Å². The molecule has 5 heteroatoms. The van der Waals surface area contributed by atoms with Crippen molar-refractivity contribution in [3.05, 3.63) is 53.1 Å². The SMILES string of the molecule is Cc1ccc(N)c(SCC(=O)Nc2cccc(Cl)c2)c1. The molecule has 0 heterocycles. The van der Waals surface area contributed by atoms with Crippen LogP contribution in [0.2, 0.25) is 5.02 Å². The molecule has 2 aromatic carbocycles. The second-order valence-corrected chi connectivity index (χ2v) is 5.84. The first kappa shape index (κ1) is 14.8. The first-order valence-electron chi connectivity index (χ1n) is 6.09. The lowest BCUT2D eigenvalue weighted by Crippen LogP contribution is -2.14. The molecular weight excluding hydrogens is 292 g/mol. The zero-order chi connectivity index (χ0) is 14.5. The topological polar surface area (TPSA) is 55.1 Å². The van der Waals surface area contributed by atoms with Gasteiger partial charge in [0.05, 0.1) is 5.75 Å². The van der Waals surface area contributed by atoms with Gasteiger partial charge in [0.25, 0.3) is 0 Å². The molecular formula is C15H15ClN2OS. The molecule has 3 N–H and O–H groups in total. The molecule has 1 amide bonds. The number of thioether (sulfide) groups is 1. The number of anilines is 2. The van der Waals surface area contributed by atoms with Crippen molar-refractivity contribution in [1.82, 2.24) is 0 Å². The third kappa shape index (κ3) is 4.18. The van der Waals surface area contributed by atoms with Crippen molar-refractivity contribution in [2.45, 2.75) is 11.8 Å². The normalized spacial score (nSPS) is 10.3. The van der Waals surface area contributed by atoms with Gasteiger partial charge in [-0.25, -0.2) is 0 Å². The fraction of sp³-hybridized carbons (Fsp3) is 0.133. The highest BCUT2D eigenvalue weighted by Crippen LogP contribution is 2.26. The maximum atomic E-state index is 11.9. The quantitative estimate of drug-likeness (QED) is 0.664. The van der Waals surface area contributed by atoms with Crippen molar-refractivity contribution in [2.24, 2.45) is 0 Å². The number of aryl methyl sites for hydroxylation is 1. The molecule has 0 atom stereocenters. The van der Waals surface area contributed by atoms with Gasteiger partial charge in [0, 0.05) is 21.3 Å². The van der Waals surface area contributed by atoms with Crippen LogP contribution in [-0.4, -0.2) is 11.7 Å². The van der Waals surface area contributed by atoms with E-state index in [1.54, 1.807) is 24.3 Å². The molecule has 2 rings (SSSR count). The van der Waals surface area contributed by atoms with Crippen molar-refractivity contribution in [3.8, 4) is 0 Å². The molecule has 0 bridgehead atoms. The van der Waals surface area contributed by atoms with Gasteiger partial charge in [0.2, 0.25) is 5.91 Å². The van der Waals surface area contributed by atoms with Crippen LogP contribution in [0.5, 0.6) is 0 Å². The Balaban J connectivity index is 1.94. The summed E-state index contributed by atoms with van der Waals surface area (Å²) in [6.07, 6.45) is 0. The number of benzene rings is 2. The van der Waals surface area contributed by atoms with E-state index in [0.29, 0.717) is 22.2 Å². The largest absolute Gasteiger partial charge is 0.398 e. The lowest BCUT2D eigenvalue weighted by molar-refractivity contribution is -0.113. The third-order valence-corrected chi connectivity index (χ3v) is 3.94. The zero-order valence-electron chi connectivity index (χ0n) is 11.0. The van der Waals surface area contributed by atoms with Crippen LogP contribution in [0.15, 0.2) is 47.4 Å². The Hall–Kier alpha value is -1.65. The highest BCUT2D eigenvalue weighted by Gasteiger charge is 2.06. The van der Waals surface area contributed by atoms with Crippen molar-refractivity contribution >= 4 is 40.6 Å². The number of nitrogen functional groups attached to an aromatic ring is 1. The highest BCUT2D eigenvalue weighted by atomic mass is 35.5. The summed E-state index contributed by atoms with van der Waals surface area (Å²) in [6.45, 7) is 2.00. The first-order valence-corrected chi connectivity index (χ1v) is 7.45. The van der Waals surface area contributed by atoms with E-state index >= 15 is 0 Å². The molecule has 0 radical (unpaired) electrons. The average Bonchev–Trinajstić information content (AvgIpc) is 2.40. The molecule has 0 aliphatic rings. The summed E-state index contributed by atoms with van der Waals surface area (Å²) < 4.78 is 0. The minimum atomic E-state index is -0.0850. The molecule has 0 saturated carbocycles. The number of halogens is 1. The van der Waals surface area contributed by atoms with E-state index in [2.05, 4.69) is 5.32 Å². The highest BCUT2D eigenvalue weighted by molar-refractivity contribution is 8.00. The van der Waals surface area contributed by atoms with Gasteiger partial charge in [0.1, 0.15) is 0 Å². The van der Waals surface area contributed by atoms with Gasteiger partial charge in [-0.15, -0.1) is 11.8 Å². The van der Waals surface area contributed by atoms with Crippen LogP contribution in [0.4, 0.5) is 11.4 Å². The number of carbonyl (C=O) groups excluding carboxylic acids is 1. The van der Waals surface area contributed by atoms with E-state index in [1.165, 1.54) is 11.8 Å². The minimum absolute atomic E-state index is 0.0850. The standard InChI is InChI=1S/C15H15ClN2OS/c1-10-5-6-13(17)14(7-10)20-9-15(19)18-12-4-2-3-11(16)8-12/h2-8H,9,17H2,1H3,(H,18,19). The summed E-state index contributed by atoms with van der Waals surface area (Å²) in [5, 5.41) is 3.40. The van der Waals surface area contributed by atoms with Crippen LogP contribution in [0.3, 0.4) is 0 Å². The van der Waals surface area contributed by atoms with E-state index in [9.17, 15) is 4.79 Å². The zero-order valence-corrected chi connectivity index (χ0v) is 12.6. The summed E-state index contributed by atoms with van der Waals surface area (Å²) in [6, 6.07) is 12.9. The Morgan fingerprint density at radius 1 is 1.30 bits per heavy atom. The molecule has 0 spiro atoms. The maximum absolute atomic E-state index is 11.9. The van der Waals surface area contributed by atoms with Gasteiger partial charge < -0.3 is 11.1 Å². The molecule has 0 aliphatic heterocycles. The average molecular weight is 307 g/mol. The second-order valence-electron chi connectivity index (χ2n) is 4.39. The Morgan fingerprint density at radius 2 is 2.10 bits per heavy atom. The van der Waals surface area contributed by atoms with Gasteiger partial charge in [0.15, 0.2) is 0 Å². The molecule has 2 aromatic rings. The van der Waals surface area contributed by atoms with Crippen LogP contribution in [-0.2, 0) is 4.79 Å². The number of nitrogens with two attached hydrogens (primary N) is 1. The number of hydrogen-bond donors (Lipinski definition) is 2. The smallest absolute Gasteiger partial charge is 0.234 e. The van der Waals surface area contributed by atoms with Crippen LogP contribution in [0.1, 0.15) is 5.56 Å². The van der Waals surface area contributed by atoms with Gasteiger partial charge in [-0.1, -0.05) is 23.7 Å². The number of amides is 1. The van der Waals surface area contributed by atoms with E-state index in [1.807, 2.05) is 25.1 Å². The van der Waals surface area contributed by atoms with Gasteiger partial charge in [-0.3, -0.25) is 4.79 Å². The molecule has 0 saturated heterocycles. The van der Waals surface area contributed by atoms with Gasteiger partial charge >= 0.3 is 0 Å². The maximum Gasteiger partial charge on any atom is 0.234 e. The number of carbonyl (C=O) groups is 1. The van der Waals surface area contributed by atoms with Gasteiger partial charge in [-0.05, 0) is 42.8 Å². The predicted molar refractivity (Wildman–Crippen MR) is 86.4 cm³/mol. The van der Waals surface area contributed by atoms with Crippen LogP contribution < -0.4 is 11.1 Å². The fourth-order valence-corrected chi connectivity index (χ4v) is 2.73. The minimum Gasteiger partial charge on any atom is -0.398 e. The van der Waals surface area contributed by atoms with Crippen molar-refractivity contribution in [2.75, 3.05) is 16.8 Å². The second kappa shape index (κ2) is 6.68. The number of hydrogen-bond acceptors (Lipinski definition) is 3. The molecule has 0 aromatic heterocycles. The predicted octanol–water partition coefficient (Wildman–Crippen LogP) is 3.96. The van der Waals surface area contributed by atoms with Crippen molar-refractivity contribution in [3.63, 3.8) is 0 Å². The summed E-state index contributed by atoms with van der Waals surface area (Å²) >= 11 is 7.29. The van der Waals surface area contributed by atoms with Crippen LogP contribution in [0, 0.1) is 6.92 Å². The summed E-state index contributed by atoms with van der Waals surface area (Å²) in [5.74, 6) is 0.221. The lowest BCUT2D eigenvalue weighted by atomic mass is 10.2. The fourth-order valence-electron chi connectivity index (χ4n) is 1.67. The molecule has 104 valence electrons. The van der Waals surface area contributed by atoms with E-state index < -0.39 is 0 Å². The Morgan fingerprint density at radius 3 is 2.85 bits per heavy atom. The summed E-state index contributed by atoms with van der Waals surface area (Å²) in [5.41, 5.74) is 8.39. The number of nitrogens with one attached hydrogen (secondary N) is 1. The first-order chi connectivity index (χ1) is 9.54. The van der Waals surface area contributed by atoms with Crippen molar-refractivity contribution in [1.29, 1.82) is 0 Å². The van der Waals surface area contributed by atoms with Crippen LogP contribution >= 0.6 is 23.4 Å². The lowest BCUT2D eigenvalue weighted by Gasteiger charge is -2.08. The number of rotatable bonds is 4. The Labute approximate surface area is 127 Å². The van der Waals surface area contributed by atoms with Gasteiger partial charge in [-0.2, -0.15) is 0 Å². The molecule has 20 heavy (non-hydrogen) atoms.